The van der Waals surface area contributed by atoms with Crippen molar-refractivity contribution in [2.45, 2.75) is 11.3 Å². The molecule has 7 heteroatoms. The van der Waals surface area contributed by atoms with E-state index in [9.17, 15) is 9.59 Å². The Balaban J connectivity index is 1.74. The molecule has 0 unspecified atom stereocenters. The fraction of sp³-hybridized carbons (Fsp3) is 0.222. The lowest BCUT2D eigenvalue weighted by Gasteiger charge is -2.08. The van der Waals surface area contributed by atoms with Crippen molar-refractivity contribution >= 4 is 46.6 Å². The molecule has 0 spiro atoms. The van der Waals surface area contributed by atoms with Crippen LogP contribution >= 0.6 is 23.4 Å². The monoisotopic (exact) mass is 378 g/mol. The third kappa shape index (κ3) is 7.17. The van der Waals surface area contributed by atoms with Crippen LogP contribution in [0.1, 0.15) is 6.42 Å². The van der Waals surface area contributed by atoms with E-state index < -0.39 is 0 Å². The minimum Gasteiger partial charge on any atom is -0.375 e. The molecule has 0 fully saturated rings. The van der Waals surface area contributed by atoms with E-state index in [0.717, 1.165) is 4.90 Å². The molecular weight excluding hydrogens is 360 g/mol. The number of carbonyl (C=O) groups excluding carboxylic acids is 2. The van der Waals surface area contributed by atoms with Crippen LogP contribution in [0.4, 0.5) is 11.4 Å². The predicted molar refractivity (Wildman–Crippen MR) is 102 cm³/mol. The van der Waals surface area contributed by atoms with Crippen LogP contribution in [-0.4, -0.2) is 31.3 Å². The van der Waals surface area contributed by atoms with E-state index in [1.54, 1.807) is 36.0 Å². The molecule has 5 nitrogen and oxygen atoms in total. The first-order valence-electron chi connectivity index (χ1n) is 7.64. The summed E-state index contributed by atoms with van der Waals surface area (Å²) < 4.78 is 4.75. The molecule has 0 heterocycles. The summed E-state index contributed by atoms with van der Waals surface area (Å²) in [5.74, 6) is 0.398. The number of halogens is 1. The van der Waals surface area contributed by atoms with E-state index in [1.807, 2.05) is 24.3 Å². The van der Waals surface area contributed by atoms with Crippen molar-refractivity contribution < 1.29 is 14.3 Å². The van der Waals surface area contributed by atoms with Crippen LogP contribution in [0.25, 0.3) is 0 Å². The average molecular weight is 379 g/mol. The number of amides is 2. The van der Waals surface area contributed by atoms with Gasteiger partial charge in [0.05, 0.1) is 0 Å². The van der Waals surface area contributed by atoms with Crippen LogP contribution in [-0.2, 0) is 14.3 Å². The number of methoxy groups -OCH3 is 1. The van der Waals surface area contributed by atoms with Gasteiger partial charge in [-0.2, -0.15) is 0 Å². The number of thioether (sulfide) groups is 1. The van der Waals surface area contributed by atoms with Gasteiger partial charge >= 0.3 is 0 Å². The lowest BCUT2D eigenvalue weighted by atomic mass is 10.2. The van der Waals surface area contributed by atoms with Crippen LogP contribution in [0.2, 0.25) is 5.02 Å². The number of hydrogen-bond acceptors (Lipinski definition) is 4. The van der Waals surface area contributed by atoms with E-state index in [0.29, 0.717) is 28.6 Å². The SMILES string of the molecule is COCC(=O)Nc1ccc(NC(=O)CCSc2ccc(Cl)cc2)cc1. The van der Waals surface area contributed by atoms with Crippen molar-refractivity contribution in [1.29, 1.82) is 0 Å². The fourth-order valence-electron chi connectivity index (χ4n) is 1.98. The smallest absolute Gasteiger partial charge is 0.250 e. The van der Waals surface area contributed by atoms with Crippen LogP contribution in [0, 0.1) is 0 Å². The van der Waals surface area contributed by atoms with E-state index in [1.165, 1.54) is 7.11 Å². The van der Waals surface area contributed by atoms with E-state index in [-0.39, 0.29) is 18.4 Å². The number of carbonyl (C=O) groups is 2. The van der Waals surface area contributed by atoms with Gasteiger partial charge < -0.3 is 15.4 Å². The number of ether oxygens (including phenoxy) is 1. The van der Waals surface area contributed by atoms with Crippen molar-refractivity contribution in [2.24, 2.45) is 0 Å². The van der Waals surface area contributed by atoms with Gasteiger partial charge in [-0.3, -0.25) is 9.59 Å². The molecule has 2 rings (SSSR count). The minimum atomic E-state index is -0.224. The Kier molecular flexibility index (Phi) is 7.78. The third-order valence-corrected chi connectivity index (χ3v) is 4.41. The first-order chi connectivity index (χ1) is 12.1. The Labute approximate surface area is 156 Å². The van der Waals surface area contributed by atoms with E-state index in [2.05, 4.69) is 10.6 Å². The molecule has 2 aromatic rings. The Morgan fingerprint density at radius 3 is 2.08 bits per heavy atom. The molecule has 2 N–H and O–H groups in total. The molecule has 0 radical (unpaired) electrons. The van der Waals surface area contributed by atoms with Gasteiger partial charge in [0.25, 0.3) is 0 Å². The number of nitrogens with one attached hydrogen (secondary N) is 2. The molecule has 132 valence electrons. The Bertz CT molecular complexity index is 705. The molecule has 0 aromatic heterocycles. The highest BCUT2D eigenvalue weighted by Gasteiger charge is 2.05. The van der Waals surface area contributed by atoms with Gasteiger partial charge in [0.2, 0.25) is 11.8 Å². The van der Waals surface area contributed by atoms with Crippen molar-refractivity contribution in [2.75, 3.05) is 30.1 Å². The van der Waals surface area contributed by atoms with Gasteiger partial charge in [-0.25, -0.2) is 0 Å². The minimum absolute atomic E-state index is 0.00374. The molecule has 2 amide bonds. The highest BCUT2D eigenvalue weighted by Crippen LogP contribution is 2.21. The summed E-state index contributed by atoms with van der Waals surface area (Å²) in [6.07, 6.45) is 0.402. The van der Waals surface area contributed by atoms with Gasteiger partial charge in [0, 0.05) is 40.6 Å². The van der Waals surface area contributed by atoms with E-state index >= 15 is 0 Å². The maximum absolute atomic E-state index is 12.0. The van der Waals surface area contributed by atoms with Crippen LogP contribution in [0.15, 0.2) is 53.4 Å². The van der Waals surface area contributed by atoms with E-state index in [4.69, 9.17) is 16.3 Å². The normalized spacial score (nSPS) is 10.3. The number of rotatable bonds is 8. The zero-order valence-electron chi connectivity index (χ0n) is 13.8. The quantitative estimate of drug-likeness (QED) is 0.680. The summed E-state index contributed by atoms with van der Waals surface area (Å²) in [6, 6.07) is 14.5. The summed E-state index contributed by atoms with van der Waals surface area (Å²) in [6.45, 7) is 0.00374. The molecule has 2 aromatic carbocycles. The first-order valence-corrected chi connectivity index (χ1v) is 9.00. The molecule has 25 heavy (non-hydrogen) atoms. The Morgan fingerprint density at radius 2 is 1.52 bits per heavy atom. The highest BCUT2D eigenvalue weighted by atomic mass is 35.5. The highest BCUT2D eigenvalue weighted by molar-refractivity contribution is 7.99. The van der Waals surface area contributed by atoms with Gasteiger partial charge in [-0.1, -0.05) is 11.6 Å². The molecular formula is C18H19ClN2O3S. The van der Waals surface area contributed by atoms with Crippen LogP contribution in [0.3, 0.4) is 0 Å². The van der Waals surface area contributed by atoms with Crippen molar-refractivity contribution in [1.82, 2.24) is 0 Å². The number of hydrogen-bond donors (Lipinski definition) is 2. The van der Waals surface area contributed by atoms with Gasteiger partial charge in [-0.05, 0) is 48.5 Å². The predicted octanol–water partition coefficient (Wildman–Crippen LogP) is 4.05. The molecule has 0 aliphatic heterocycles. The molecule has 0 saturated carbocycles. The molecule has 0 bridgehead atoms. The third-order valence-electron chi connectivity index (χ3n) is 3.14. The maximum atomic E-state index is 12.0. The number of benzene rings is 2. The van der Waals surface area contributed by atoms with Gasteiger partial charge in [0.15, 0.2) is 0 Å². The first kappa shape index (κ1) is 19.3. The lowest BCUT2D eigenvalue weighted by molar-refractivity contribution is -0.119. The van der Waals surface area contributed by atoms with Crippen LogP contribution < -0.4 is 10.6 Å². The maximum Gasteiger partial charge on any atom is 0.250 e. The lowest BCUT2D eigenvalue weighted by Crippen LogP contribution is -2.17. The second-order valence-electron chi connectivity index (χ2n) is 5.16. The van der Waals surface area contributed by atoms with Gasteiger partial charge in [-0.15, -0.1) is 11.8 Å². The fourth-order valence-corrected chi connectivity index (χ4v) is 2.96. The molecule has 0 saturated heterocycles. The van der Waals surface area contributed by atoms with Crippen LogP contribution in [0.5, 0.6) is 0 Å². The summed E-state index contributed by atoms with van der Waals surface area (Å²) in [4.78, 5) is 24.5. The Hall–Kier alpha value is -2.02. The number of anilines is 2. The largest absolute Gasteiger partial charge is 0.375 e. The molecule has 0 aliphatic carbocycles. The summed E-state index contributed by atoms with van der Waals surface area (Å²) in [5, 5.41) is 6.22. The second-order valence-corrected chi connectivity index (χ2v) is 6.76. The molecule has 0 aliphatic rings. The summed E-state index contributed by atoms with van der Waals surface area (Å²) in [5.41, 5.74) is 1.34. The molecule has 0 atom stereocenters. The van der Waals surface area contributed by atoms with Crippen molar-refractivity contribution in [3.05, 3.63) is 53.6 Å². The van der Waals surface area contributed by atoms with Gasteiger partial charge in [0.1, 0.15) is 6.61 Å². The van der Waals surface area contributed by atoms with Crippen molar-refractivity contribution in [3.63, 3.8) is 0 Å². The topological polar surface area (TPSA) is 67.4 Å². The zero-order valence-corrected chi connectivity index (χ0v) is 15.3. The average Bonchev–Trinajstić information content (AvgIpc) is 2.59. The van der Waals surface area contributed by atoms with Crippen molar-refractivity contribution in [3.8, 4) is 0 Å². The summed E-state index contributed by atoms with van der Waals surface area (Å²) >= 11 is 7.44. The summed E-state index contributed by atoms with van der Waals surface area (Å²) in [7, 11) is 1.46. The standard InChI is InChI=1S/C18H19ClN2O3S/c1-24-12-18(23)21-15-6-4-14(5-7-15)20-17(22)10-11-25-16-8-2-13(19)3-9-16/h2-9H,10-12H2,1H3,(H,20,22)(H,21,23). The zero-order chi connectivity index (χ0) is 18.1. The Morgan fingerprint density at radius 1 is 0.960 bits per heavy atom. The second kappa shape index (κ2) is 10.1.